The van der Waals surface area contributed by atoms with Gasteiger partial charge in [0.1, 0.15) is 20.2 Å². The molecule has 0 bridgehead atoms. The molecule has 0 aromatic heterocycles. The summed E-state index contributed by atoms with van der Waals surface area (Å²) in [5, 5.41) is 0. The van der Waals surface area contributed by atoms with E-state index in [0.29, 0.717) is 0 Å². The summed E-state index contributed by atoms with van der Waals surface area (Å²) < 4.78 is 63.2. The van der Waals surface area contributed by atoms with Gasteiger partial charge in [0, 0.05) is 0 Å². The average molecular weight is 276 g/mol. The topological polar surface area (TPSA) is 114 Å². The van der Waals surface area contributed by atoms with E-state index in [4.69, 9.17) is 0 Å². The number of benzene rings is 1. The maximum Gasteiger partial charge on any atom is 2.00 e. The summed E-state index contributed by atoms with van der Waals surface area (Å²) in [6.07, 6.45) is 0. The van der Waals surface area contributed by atoms with Crippen molar-refractivity contribution in [3.8, 4) is 0 Å². The quantitative estimate of drug-likeness (QED) is 0.511. The van der Waals surface area contributed by atoms with Gasteiger partial charge in [-0.05, 0) is 12.1 Å². The molecule has 0 unspecified atom stereocenters. The number of hydrogen-bond acceptors (Lipinski definition) is 6. The minimum Gasteiger partial charge on any atom is -0.744 e. The standard InChI is InChI=1S/C6H6O6S2.Ca/c7-13(8,9)5-3-1-2-4-6(5)14(10,11)12;/h1-4H,(H,7,8,9)(H,10,11,12);/q;+2/p-2. The Balaban J connectivity index is 0.00000196. The fraction of sp³-hybridized carbons (Fsp3) is 0. The van der Waals surface area contributed by atoms with Crippen LogP contribution in [0.1, 0.15) is 0 Å². The van der Waals surface area contributed by atoms with Crippen LogP contribution in [0.15, 0.2) is 34.1 Å². The Morgan fingerprint density at radius 3 is 1.27 bits per heavy atom. The summed E-state index contributed by atoms with van der Waals surface area (Å²) >= 11 is 0. The summed E-state index contributed by atoms with van der Waals surface area (Å²) in [5.41, 5.74) is 0. The first-order chi connectivity index (χ1) is 6.23. The van der Waals surface area contributed by atoms with Crippen molar-refractivity contribution < 1.29 is 25.9 Å². The van der Waals surface area contributed by atoms with Gasteiger partial charge < -0.3 is 9.11 Å². The molecule has 0 saturated heterocycles. The third kappa shape index (κ3) is 3.98. The predicted octanol–water partition coefficient (Wildman–Crippen LogP) is -0.886. The second-order valence-electron chi connectivity index (χ2n) is 2.35. The zero-order valence-electron chi connectivity index (χ0n) is 7.28. The second kappa shape index (κ2) is 5.09. The normalized spacial score (nSPS) is 11.9. The van der Waals surface area contributed by atoms with Gasteiger partial charge in [0.2, 0.25) is 0 Å². The smallest absolute Gasteiger partial charge is 0.744 e. The number of hydrogen-bond donors (Lipinski definition) is 0. The molecule has 0 aliphatic rings. The van der Waals surface area contributed by atoms with E-state index in [9.17, 15) is 25.9 Å². The van der Waals surface area contributed by atoms with Crippen LogP contribution in [-0.2, 0) is 20.2 Å². The maximum atomic E-state index is 10.5. The van der Waals surface area contributed by atoms with Crippen LogP contribution < -0.4 is 0 Å². The van der Waals surface area contributed by atoms with Gasteiger partial charge in [-0.15, -0.1) is 0 Å². The van der Waals surface area contributed by atoms with Crippen LogP contribution in [-0.4, -0.2) is 63.7 Å². The summed E-state index contributed by atoms with van der Waals surface area (Å²) in [6.45, 7) is 0. The molecule has 0 atom stereocenters. The van der Waals surface area contributed by atoms with Crippen molar-refractivity contribution in [2.24, 2.45) is 0 Å². The first-order valence-electron chi connectivity index (χ1n) is 3.24. The van der Waals surface area contributed by atoms with Gasteiger partial charge in [0.25, 0.3) is 0 Å². The van der Waals surface area contributed by atoms with Crippen molar-refractivity contribution in [2.45, 2.75) is 9.79 Å². The third-order valence-corrected chi connectivity index (χ3v) is 3.31. The Kier molecular flexibility index (Phi) is 5.19. The molecule has 1 aromatic rings. The Bertz CT molecular complexity index is 496. The summed E-state index contributed by atoms with van der Waals surface area (Å²) in [7, 11) is -9.89. The Labute approximate surface area is 117 Å². The van der Waals surface area contributed by atoms with Gasteiger partial charge in [-0.3, -0.25) is 0 Å². The van der Waals surface area contributed by atoms with Crippen LogP contribution in [0, 0.1) is 0 Å². The van der Waals surface area contributed by atoms with E-state index in [1.165, 1.54) is 0 Å². The van der Waals surface area contributed by atoms with Gasteiger partial charge in [-0.2, -0.15) is 0 Å². The van der Waals surface area contributed by atoms with E-state index in [2.05, 4.69) is 0 Å². The van der Waals surface area contributed by atoms with Gasteiger partial charge in [-0.25, -0.2) is 16.8 Å². The number of rotatable bonds is 2. The van der Waals surface area contributed by atoms with Crippen LogP contribution in [0.2, 0.25) is 0 Å². The Hall–Kier alpha value is 0.300. The van der Waals surface area contributed by atoms with Crippen LogP contribution >= 0.6 is 0 Å². The van der Waals surface area contributed by atoms with Gasteiger partial charge in [0.15, 0.2) is 0 Å². The van der Waals surface area contributed by atoms with Crippen molar-refractivity contribution in [3.63, 3.8) is 0 Å². The molecule has 0 spiro atoms. The molecule has 1 rings (SSSR count). The van der Waals surface area contributed by atoms with Crippen molar-refractivity contribution in [3.05, 3.63) is 24.3 Å². The molecule has 0 fully saturated rings. The van der Waals surface area contributed by atoms with Crippen molar-refractivity contribution in [1.82, 2.24) is 0 Å². The van der Waals surface area contributed by atoms with Crippen molar-refractivity contribution in [1.29, 1.82) is 0 Å². The summed E-state index contributed by atoms with van der Waals surface area (Å²) in [4.78, 5) is -2.04. The van der Waals surface area contributed by atoms with E-state index in [-0.39, 0.29) is 37.7 Å². The average Bonchev–Trinajstić information content (AvgIpc) is 2.01. The fourth-order valence-electron chi connectivity index (χ4n) is 0.863. The fourth-order valence-corrected chi connectivity index (χ4v) is 2.59. The van der Waals surface area contributed by atoms with Gasteiger partial charge >= 0.3 is 37.7 Å². The van der Waals surface area contributed by atoms with E-state index in [0.717, 1.165) is 24.3 Å². The summed E-state index contributed by atoms with van der Waals surface area (Å²) in [6, 6.07) is 3.85. The molecule has 9 heteroatoms. The zero-order valence-corrected chi connectivity index (χ0v) is 11.1. The SMILES string of the molecule is O=S(=O)([O-])c1ccccc1S(=O)(=O)[O-].[Ca+2]. The molecule has 0 saturated carbocycles. The molecule has 15 heavy (non-hydrogen) atoms. The first kappa shape index (κ1) is 15.3. The molecule has 0 heterocycles. The molecule has 0 aliphatic heterocycles. The molecule has 0 N–H and O–H groups in total. The zero-order chi connectivity index (χ0) is 11.0. The van der Waals surface area contributed by atoms with Crippen LogP contribution in [0.5, 0.6) is 0 Å². The third-order valence-electron chi connectivity index (χ3n) is 1.39. The van der Waals surface area contributed by atoms with E-state index in [1.807, 2.05) is 0 Å². The Morgan fingerprint density at radius 1 is 0.800 bits per heavy atom. The first-order valence-corrected chi connectivity index (χ1v) is 6.05. The van der Waals surface area contributed by atoms with Crippen LogP contribution in [0.4, 0.5) is 0 Å². The molecular formula is C6H4CaO6S2. The van der Waals surface area contributed by atoms with Crippen molar-refractivity contribution >= 4 is 58.0 Å². The molecule has 1 aromatic carbocycles. The molecule has 0 radical (unpaired) electrons. The second-order valence-corrected chi connectivity index (χ2v) is 5.05. The molecular weight excluding hydrogens is 272 g/mol. The molecule has 0 amide bonds. The molecule has 6 nitrogen and oxygen atoms in total. The minimum atomic E-state index is -4.95. The van der Waals surface area contributed by atoms with Gasteiger partial charge in [0.05, 0.1) is 9.79 Å². The monoisotopic (exact) mass is 276 g/mol. The molecule has 78 valence electrons. The van der Waals surface area contributed by atoms with Crippen LogP contribution in [0.25, 0.3) is 0 Å². The maximum absolute atomic E-state index is 10.5. The molecule has 0 aliphatic carbocycles. The van der Waals surface area contributed by atoms with Crippen molar-refractivity contribution in [2.75, 3.05) is 0 Å². The van der Waals surface area contributed by atoms with E-state index in [1.54, 1.807) is 0 Å². The predicted molar refractivity (Wildman–Crippen MR) is 48.1 cm³/mol. The Morgan fingerprint density at radius 2 is 1.07 bits per heavy atom. The van der Waals surface area contributed by atoms with Crippen LogP contribution in [0.3, 0.4) is 0 Å². The van der Waals surface area contributed by atoms with Gasteiger partial charge in [-0.1, -0.05) is 12.1 Å². The van der Waals surface area contributed by atoms with E-state index < -0.39 is 30.0 Å². The largest absolute Gasteiger partial charge is 2.00 e. The minimum absolute atomic E-state index is 0. The van der Waals surface area contributed by atoms with E-state index >= 15 is 0 Å². The summed E-state index contributed by atoms with van der Waals surface area (Å²) in [5.74, 6) is 0.